The zero-order valence-electron chi connectivity index (χ0n) is 9.97. The second-order valence-electron chi connectivity index (χ2n) is 4.52. The molecule has 2 aromatic rings. The lowest BCUT2D eigenvalue weighted by molar-refractivity contribution is 0.463. The van der Waals surface area contributed by atoms with Crippen LogP contribution in [0.4, 0.5) is 8.78 Å². The molecule has 3 rings (SSSR count). The summed E-state index contributed by atoms with van der Waals surface area (Å²) >= 11 is 0. The molecule has 0 spiro atoms. The average molecular weight is 246 g/mol. The van der Waals surface area contributed by atoms with Crippen molar-refractivity contribution in [2.24, 2.45) is 0 Å². The standard InChI is InChI=1S/C15H12F2O/c1-9-3-2-4-14-11(9)5-6-12-13(17)7-10(16)8-15(12)18-14/h2-4,7-8H,5-6H2,1H3. The monoisotopic (exact) mass is 246 g/mol. The van der Waals surface area contributed by atoms with Gasteiger partial charge in [-0.05, 0) is 37.0 Å². The quantitative estimate of drug-likeness (QED) is 0.678. The lowest BCUT2D eigenvalue weighted by Crippen LogP contribution is -1.95. The van der Waals surface area contributed by atoms with Gasteiger partial charge < -0.3 is 4.74 Å². The van der Waals surface area contributed by atoms with Crippen molar-refractivity contribution >= 4 is 0 Å². The minimum atomic E-state index is -0.609. The molecule has 92 valence electrons. The van der Waals surface area contributed by atoms with Gasteiger partial charge in [0.2, 0.25) is 0 Å². The number of hydrogen-bond acceptors (Lipinski definition) is 1. The Balaban J connectivity index is 2.15. The SMILES string of the molecule is Cc1cccc2c1CCc1c(F)cc(F)cc1O2. The zero-order chi connectivity index (χ0) is 12.7. The van der Waals surface area contributed by atoms with Crippen molar-refractivity contribution in [2.75, 3.05) is 0 Å². The van der Waals surface area contributed by atoms with Crippen LogP contribution in [0.1, 0.15) is 16.7 Å². The number of ether oxygens (including phenoxy) is 1. The first kappa shape index (κ1) is 11.2. The van der Waals surface area contributed by atoms with Crippen molar-refractivity contribution in [3.8, 4) is 11.5 Å². The Morgan fingerprint density at radius 3 is 2.61 bits per heavy atom. The molecule has 1 aliphatic heterocycles. The Kier molecular flexibility index (Phi) is 2.54. The third-order valence-electron chi connectivity index (χ3n) is 3.33. The second kappa shape index (κ2) is 4.09. The van der Waals surface area contributed by atoms with Gasteiger partial charge in [-0.2, -0.15) is 0 Å². The van der Waals surface area contributed by atoms with E-state index in [0.29, 0.717) is 24.2 Å². The van der Waals surface area contributed by atoms with Crippen LogP contribution in [0.25, 0.3) is 0 Å². The summed E-state index contributed by atoms with van der Waals surface area (Å²) in [6.45, 7) is 2.00. The molecular formula is C15H12F2O. The minimum absolute atomic E-state index is 0.289. The highest BCUT2D eigenvalue weighted by Gasteiger charge is 2.19. The third-order valence-corrected chi connectivity index (χ3v) is 3.33. The Morgan fingerprint density at radius 1 is 1.00 bits per heavy atom. The van der Waals surface area contributed by atoms with E-state index in [1.54, 1.807) is 0 Å². The lowest BCUT2D eigenvalue weighted by Gasteiger charge is -2.10. The molecule has 0 saturated heterocycles. The number of fused-ring (bicyclic) bond motifs is 2. The first-order valence-corrected chi connectivity index (χ1v) is 5.89. The fourth-order valence-corrected chi connectivity index (χ4v) is 2.37. The number of rotatable bonds is 0. The summed E-state index contributed by atoms with van der Waals surface area (Å²) in [6, 6.07) is 7.87. The largest absolute Gasteiger partial charge is 0.457 e. The van der Waals surface area contributed by atoms with E-state index in [4.69, 9.17) is 4.74 Å². The van der Waals surface area contributed by atoms with Crippen molar-refractivity contribution in [1.82, 2.24) is 0 Å². The summed E-state index contributed by atoms with van der Waals surface area (Å²) in [5.41, 5.74) is 2.63. The summed E-state index contributed by atoms with van der Waals surface area (Å²) in [7, 11) is 0. The van der Waals surface area contributed by atoms with Gasteiger partial charge in [0.05, 0.1) is 0 Å². The molecule has 0 aliphatic carbocycles. The van der Waals surface area contributed by atoms with Gasteiger partial charge in [-0.15, -0.1) is 0 Å². The maximum Gasteiger partial charge on any atom is 0.136 e. The fourth-order valence-electron chi connectivity index (χ4n) is 2.37. The number of hydrogen-bond donors (Lipinski definition) is 0. The third kappa shape index (κ3) is 1.76. The van der Waals surface area contributed by atoms with Gasteiger partial charge in [-0.25, -0.2) is 8.78 Å². The predicted molar refractivity (Wildman–Crippen MR) is 65.0 cm³/mol. The lowest BCUT2D eigenvalue weighted by atomic mass is 10.0. The summed E-state index contributed by atoms with van der Waals surface area (Å²) in [5, 5.41) is 0. The summed E-state index contributed by atoms with van der Waals surface area (Å²) < 4.78 is 32.6. The second-order valence-corrected chi connectivity index (χ2v) is 4.52. The van der Waals surface area contributed by atoms with Crippen LogP contribution in [0, 0.1) is 18.6 Å². The van der Waals surface area contributed by atoms with Crippen molar-refractivity contribution < 1.29 is 13.5 Å². The van der Waals surface area contributed by atoms with Gasteiger partial charge in [0.1, 0.15) is 23.1 Å². The van der Waals surface area contributed by atoms with Crippen molar-refractivity contribution in [1.29, 1.82) is 0 Å². The molecular weight excluding hydrogens is 234 g/mol. The van der Waals surface area contributed by atoms with Gasteiger partial charge in [0, 0.05) is 17.7 Å². The van der Waals surface area contributed by atoms with E-state index >= 15 is 0 Å². The molecule has 0 atom stereocenters. The summed E-state index contributed by atoms with van der Waals surface area (Å²) in [6.07, 6.45) is 1.23. The summed E-state index contributed by atoms with van der Waals surface area (Å²) in [5.74, 6) is -0.159. The van der Waals surface area contributed by atoms with Gasteiger partial charge >= 0.3 is 0 Å². The minimum Gasteiger partial charge on any atom is -0.457 e. The van der Waals surface area contributed by atoms with E-state index < -0.39 is 11.6 Å². The fraction of sp³-hybridized carbons (Fsp3) is 0.200. The summed E-state index contributed by atoms with van der Waals surface area (Å²) in [4.78, 5) is 0. The molecule has 0 amide bonds. The van der Waals surface area contributed by atoms with Gasteiger partial charge in [0.25, 0.3) is 0 Å². The van der Waals surface area contributed by atoms with Crippen molar-refractivity contribution in [3.05, 3.63) is 58.7 Å². The molecule has 0 N–H and O–H groups in total. The maximum absolute atomic E-state index is 13.7. The molecule has 3 heteroatoms. The van der Waals surface area contributed by atoms with E-state index in [9.17, 15) is 8.78 Å². The molecule has 2 aromatic carbocycles. The molecule has 1 nitrogen and oxygen atoms in total. The van der Waals surface area contributed by atoms with E-state index in [2.05, 4.69) is 0 Å². The molecule has 0 bridgehead atoms. The molecule has 0 unspecified atom stereocenters. The van der Waals surface area contributed by atoms with Crippen molar-refractivity contribution in [2.45, 2.75) is 19.8 Å². The first-order valence-electron chi connectivity index (χ1n) is 5.89. The van der Waals surface area contributed by atoms with E-state index in [0.717, 1.165) is 17.2 Å². The number of benzene rings is 2. The molecule has 1 heterocycles. The van der Waals surface area contributed by atoms with Crippen LogP contribution in [0.3, 0.4) is 0 Å². The highest BCUT2D eigenvalue weighted by Crippen LogP contribution is 2.36. The van der Waals surface area contributed by atoms with E-state index in [1.165, 1.54) is 6.07 Å². The van der Waals surface area contributed by atoms with Crippen LogP contribution < -0.4 is 4.74 Å². The van der Waals surface area contributed by atoms with Gasteiger partial charge in [-0.1, -0.05) is 12.1 Å². The molecule has 0 fully saturated rings. The maximum atomic E-state index is 13.7. The molecule has 1 aliphatic rings. The Labute approximate surface area is 104 Å². The molecule has 18 heavy (non-hydrogen) atoms. The zero-order valence-corrected chi connectivity index (χ0v) is 9.97. The van der Waals surface area contributed by atoms with Crippen LogP contribution in [0.2, 0.25) is 0 Å². The van der Waals surface area contributed by atoms with Crippen LogP contribution in [-0.2, 0) is 12.8 Å². The van der Waals surface area contributed by atoms with Crippen LogP contribution in [0.15, 0.2) is 30.3 Å². The molecule has 0 radical (unpaired) electrons. The van der Waals surface area contributed by atoms with E-state index in [1.807, 2.05) is 25.1 Å². The Bertz CT molecular complexity index is 620. The van der Waals surface area contributed by atoms with E-state index in [-0.39, 0.29) is 5.75 Å². The van der Waals surface area contributed by atoms with Gasteiger partial charge in [-0.3, -0.25) is 0 Å². The van der Waals surface area contributed by atoms with Crippen LogP contribution in [-0.4, -0.2) is 0 Å². The Hall–Kier alpha value is -1.90. The van der Waals surface area contributed by atoms with Crippen LogP contribution in [0.5, 0.6) is 11.5 Å². The predicted octanol–water partition coefficient (Wildman–Crippen LogP) is 4.16. The highest BCUT2D eigenvalue weighted by atomic mass is 19.1. The normalized spacial score (nSPS) is 13.3. The van der Waals surface area contributed by atoms with Crippen molar-refractivity contribution in [3.63, 3.8) is 0 Å². The molecule has 0 saturated carbocycles. The average Bonchev–Trinajstić information content (AvgIpc) is 2.48. The topological polar surface area (TPSA) is 9.23 Å². The number of aryl methyl sites for hydroxylation is 1. The first-order chi connectivity index (χ1) is 8.65. The number of halogens is 2. The molecule has 0 aromatic heterocycles. The smallest absolute Gasteiger partial charge is 0.136 e. The highest BCUT2D eigenvalue weighted by molar-refractivity contribution is 5.48. The van der Waals surface area contributed by atoms with Gasteiger partial charge in [0.15, 0.2) is 0 Å². The van der Waals surface area contributed by atoms with Crippen LogP contribution >= 0.6 is 0 Å². The Morgan fingerprint density at radius 2 is 1.78 bits per heavy atom.